The number of nitro groups is 1. The molecule has 1 N–H and O–H groups in total. The zero-order valence-corrected chi connectivity index (χ0v) is 16.6. The fourth-order valence-corrected chi connectivity index (χ4v) is 3.39. The number of amides is 2. The Kier molecular flexibility index (Phi) is 6.11. The molecule has 0 bridgehead atoms. The number of carbonyl (C=O) groups is 2. The third kappa shape index (κ3) is 4.71. The normalized spacial score (nSPS) is 13.2. The predicted octanol–water partition coefficient (Wildman–Crippen LogP) is 2.83. The summed E-state index contributed by atoms with van der Waals surface area (Å²) in [6.45, 7) is 1.79. The van der Waals surface area contributed by atoms with Crippen LogP contribution in [-0.2, 0) is 6.54 Å². The molecule has 8 heteroatoms. The molecule has 0 aromatic heterocycles. The van der Waals surface area contributed by atoms with Crippen LogP contribution in [0.25, 0.3) is 0 Å². The van der Waals surface area contributed by atoms with E-state index in [9.17, 15) is 19.7 Å². The van der Waals surface area contributed by atoms with Crippen molar-refractivity contribution in [2.45, 2.75) is 19.4 Å². The average molecular weight is 396 g/mol. The molecule has 0 spiro atoms. The predicted molar refractivity (Wildman–Crippen MR) is 110 cm³/mol. The maximum absolute atomic E-state index is 12.5. The van der Waals surface area contributed by atoms with E-state index in [4.69, 9.17) is 0 Å². The molecule has 1 heterocycles. The van der Waals surface area contributed by atoms with E-state index in [1.807, 2.05) is 11.0 Å². The third-order valence-corrected chi connectivity index (χ3v) is 4.91. The molecular weight excluding hydrogens is 372 g/mol. The van der Waals surface area contributed by atoms with Gasteiger partial charge in [-0.15, -0.1) is 0 Å². The first-order valence-electron chi connectivity index (χ1n) is 9.49. The highest BCUT2D eigenvalue weighted by Crippen LogP contribution is 2.31. The summed E-state index contributed by atoms with van der Waals surface area (Å²) in [7, 11) is 3.35. The van der Waals surface area contributed by atoms with Crippen LogP contribution in [0, 0.1) is 10.1 Å². The Labute approximate surface area is 169 Å². The number of hydrogen-bond acceptors (Lipinski definition) is 5. The Morgan fingerprint density at radius 3 is 2.48 bits per heavy atom. The van der Waals surface area contributed by atoms with E-state index in [-0.39, 0.29) is 23.7 Å². The lowest BCUT2D eigenvalue weighted by Gasteiger charge is -2.17. The summed E-state index contributed by atoms with van der Waals surface area (Å²) in [6, 6.07) is 11.6. The van der Waals surface area contributed by atoms with Gasteiger partial charge < -0.3 is 15.1 Å². The van der Waals surface area contributed by atoms with Gasteiger partial charge in [-0.3, -0.25) is 19.7 Å². The minimum absolute atomic E-state index is 0.0573. The molecule has 0 unspecified atom stereocenters. The maximum atomic E-state index is 12.5. The summed E-state index contributed by atoms with van der Waals surface area (Å²) < 4.78 is 0. The van der Waals surface area contributed by atoms with Crippen LogP contribution in [0.4, 0.5) is 11.4 Å². The van der Waals surface area contributed by atoms with Crippen LogP contribution in [-0.4, -0.2) is 48.8 Å². The van der Waals surface area contributed by atoms with Crippen molar-refractivity contribution in [2.24, 2.45) is 0 Å². The minimum atomic E-state index is -0.444. The number of rotatable bonds is 6. The first kappa shape index (κ1) is 20.3. The zero-order chi connectivity index (χ0) is 21.0. The highest BCUT2D eigenvalue weighted by Gasteiger charge is 2.23. The van der Waals surface area contributed by atoms with Crippen molar-refractivity contribution in [3.63, 3.8) is 0 Å². The molecule has 2 aromatic carbocycles. The van der Waals surface area contributed by atoms with Gasteiger partial charge in [-0.25, -0.2) is 0 Å². The van der Waals surface area contributed by atoms with E-state index in [0.29, 0.717) is 11.3 Å². The SMILES string of the molecule is CN(C)C(=O)c1cccc(CNC(=O)c2ccc(N3CCCC3)c([N+](=O)[O-])c2)c1. The molecule has 3 rings (SSSR count). The molecule has 8 nitrogen and oxygen atoms in total. The lowest BCUT2D eigenvalue weighted by Crippen LogP contribution is -2.24. The summed E-state index contributed by atoms with van der Waals surface area (Å²) in [4.78, 5) is 39.1. The molecule has 1 aliphatic heterocycles. The number of benzene rings is 2. The van der Waals surface area contributed by atoms with Gasteiger partial charge in [-0.2, -0.15) is 0 Å². The van der Waals surface area contributed by atoms with Crippen LogP contribution < -0.4 is 10.2 Å². The molecule has 2 amide bonds. The molecule has 0 saturated carbocycles. The van der Waals surface area contributed by atoms with Crippen LogP contribution >= 0.6 is 0 Å². The van der Waals surface area contributed by atoms with E-state index in [0.717, 1.165) is 31.5 Å². The number of nitro benzene ring substituents is 1. The van der Waals surface area contributed by atoms with Crippen molar-refractivity contribution >= 4 is 23.2 Å². The summed E-state index contributed by atoms with van der Waals surface area (Å²) in [5.74, 6) is -0.517. The lowest BCUT2D eigenvalue weighted by atomic mass is 10.1. The Bertz CT molecular complexity index is 936. The Hall–Kier alpha value is -3.42. The molecule has 152 valence electrons. The summed E-state index contributed by atoms with van der Waals surface area (Å²) in [5, 5.41) is 14.3. The smallest absolute Gasteiger partial charge is 0.293 e. The molecule has 1 saturated heterocycles. The standard InChI is InChI=1S/C21H24N4O4/c1-23(2)21(27)17-7-5-6-15(12-17)14-22-20(26)16-8-9-18(19(13-16)25(28)29)24-10-3-4-11-24/h5-9,12-13H,3-4,10-11,14H2,1-2H3,(H,22,26). The van der Waals surface area contributed by atoms with Crippen LogP contribution in [0.1, 0.15) is 39.1 Å². The first-order valence-corrected chi connectivity index (χ1v) is 9.49. The third-order valence-electron chi connectivity index (χ3n) is 4.91. The Morgan fingerprint density at radius 2 is 1.83 bits per heavy atom. The van der Waals surface area contributed by atoms with Crippen molar-refractivity contribution in [1.82, 2.24) is 10.2 Å². The van der Waals surface area contributed by atoms with Crippen LogP contribution in [0.2, 0.25) is 0 Å². The Morgan fingerprint density at radius 1 is 1.10 bits per heavy atom. The van der Waals surface area contributed by atoms with Gasteiger partial charge >= 0.3 is 0 Å². The number of hydrogen-bond donors (Lipinski definition) is 1. The average Bonchev–Trinajstić information content (AvgIpc) is 3.25. The van der Waals surface area contributed by atoms with E-state index in [1.54, 1.807) is 44.4 Å². The minimum Gasteiger partial charge on any atom is -0.366 e. The van der Waals surface area contributed by atoms with Crippen LogP contribution in [0.15, 0.2) is 42.5 Å². The quantitative estimate of drug-likeness (QED) is 0.598. The summed E-state index contributed by atoms with van der Waals surface area (Å²) >= 11 is 0. The molecule has 0 aliphatic carbocycles. The fraction of sp³-hybridized carbons (Fsp3) is 0.333. The molecule has 1 aliphatic rings. The van der Waals surface area contributed by atoms with Crippen molar-refractivity contribution in [3.05, 3.63) is 69.3 Å². The topological polar surface area (TPSA) is 95.8 Å². The van der Waals surface area contributed by atoms with Crippen LogP contribution in [0.5, 0.6) is 0 Å². The molecule has 0 radical (unpaired) electrons. The van der Waals surface area contributed by atoms with Crippen molar-refractivity contribution in [2.75, 3.05) is 32.1 Å². The van der Waals surface area contributed by atoms with Crippen molar-refractivity contribution in [3.8, 4) is 0 Å². The van der Waals surface area contributed by atoms with Gasteiger partial charge in [0.25, 0.3) is 17.5 Å². The maximum Gasteiger partial charge on any atom is 0.293 e. The van der Waals surface area contributed by atoms with Crippen LogP contribution in [0.3, 0.4) is 0 Å². The molecule has 2 aromatic rings. The van der Waals surface area contributed by atoms with Gasteiger partial charge in [0.15, 0.2) is 0 Å². The summed E-state index contributed by atoms with van der Waals surface area (Å²) in [6.07, 6.45) is 2.02. The number of nitrogens with zero attached hydrogens (tertiary/aromatic N) is 3. The van der Waals surface area contributed by atoms with Gasteiger partial charge in [0.1, 0.15) is 5.69 Å². The van der Waals surface area contributed by atoms with Crippen molar-refractivity contribution in [1.29, 1.82) is 0 Å². The van der Waals surface area contributed by atoms with Gasteiger partial charge in [0.05, 0.1) is 4.92 Å². The van der Waals surface area contributed by atoms with Crippen molar-refractivity contribution < 1.29 is 14.5 Å². The zero-order valence-electron chi connectivity index (χ0n) is 16.6. The second kappa shape index (κ2) is 8.72. The second-order valence-electron chi connectivity index (χ2n) is 7.24. The summed E-state index contributed by atoms with van der Waals surface area (Å²) in [5.41, 5.74) is 2.04. The molecular formula is C21H24N4O4. The van der Waals surface area contributed by atoms with Gasteiger partial charge in [-0.1, -0.05) is 12.1 Å². The van der Waals surface area contributed by atoms with Gasteiger partial charge in [0.2, 0.25) is 0 Å². The van der Waals surface area contributed by atoms with Gasteiger partial charge in [0, 0.05) is 50.9 Å². The highest BCUT2D eigenvalue weighted by molar-refractivity contribution is 5.96. The molecule has 0 atom stereocenters. The Balaban J connectivity index is 1.72. The number of anilines is 1. The second-order valence-corrected chi connectivity index (χ2v) is 7.24. The van der Waals surface area contributed by atoms with E-state index in [1.165, 1.54) is 11.0 Å². The number of nitrogens with one attached hydrogen (secondary N) is 1. The molecule has 29 heavy (non-hydrogen) atoms. The number of carbonyl (C=O) groups excluding carboxylic acids is 2. The van der Waals surface area contributed by atoms with E-state index >= 15 is 0 Å². The monoisotopic (exact) mass is 396 g/mol. The van der Waals surface area contributed by atoms with Gasteiger partial charge in [-0.05, 0) is 42.7 Å². The first-order chi connectivity index (χ1) is 13.9. The fourth-order valence-electron chi connectivity index (χ4n) is 3.39. The lowest BCUT2D eigenvalue weighted by molar-refractivity contribution is -0.384. The molecule has 1 fully saturated rings. The largest absolute Gasteiger partial charge is 0.366 e. The van der Waals surface area contributed by atoms with E-state index < -0.39 is 10.8 Å². The van der Waals surface area contributed by atoms with E-state index in [2.05, 4.69) is 5.32 Å². The highest BCUT2D eigenvalue weighted by atomic mass is 16.6.